The molecule has 8 heteroatoms. The van der Waals surface area contributed by atoms with E-state index in [2.05, 4.69) is 80.7 Å². The van der Waals surface area contributed by atoms with E-state index in [1.54, 1.807) is 21.1 Å². The highest BCUT2D eigenvalue weighted by Gasteiger charge is 2.25. The number of carboxylic acids is 1. The lowest BCUT2D eigenvalue weighted by atomic mass is 10.1. The number of esters is 2. The van der Waals surface area contributed by atoms with E-state index in [0.717, 1.165) is 77.0 Å². The third-order valence-electron chi connectivity index (χ3n) is 11.7. The fraction of sp³-hybridized carbons (Fsp3) is 0.737. The number of quaternary nitrogens is 1. The van der Waals surface area contributed by atoms with Crippen LogP contribution in [0.4, 0.5) is 0 Å². The van der Waals surface area contributed by atoms with Crippen molar-refractivity contribution < 1.29 is 38.2 Å². The molecule has 0 rings (SSSR count). The molecule has 2 unspecified atom stereocenters. The average Bonchev–Trinajstić information content (AvgIpc) is 3.27. The molecule has 0 aliphatic heterocycles. The first-order valence-electron chi connectivity index (χ1n) is 26.5. The second kappa shape index (κ2) is 47.3. The van der Waals surface area contributed by atoms with E-state index < -0.39 is 18.1 Å². The van der Waals surface area contributed by atoms with Crippen molar-refractivity contribution in [3.63, 3.8) is 0 Å². The van der Waals surface area contributed by atoms with Crippen molar-refractivity contribution in [2.24, 2.45) is 0 Å². The molecule has 374 valence electrons. The predicted molar refractivity (Wildman–Crippen MR) is 272 cm³/mol. The standard InChI is InChI=1S/C57H99NO7/c1-6-8-10-12-14-16-18-20-22-24-26-27-28-29-30-32-33-35-37-39-41-43-45-47-55(59)64-52-53(51-63-50-49-54(57(61)62)58(3,4)5)65-56(60)48-46-44-42-40-38-36-34-31-25-23-21-19-17-15-13-11-9-7-2/h15,17,19,21,23,25-27,29-31,34,53-54H,6-14,16,18,20,22,24,28,32-33,35-52H2,1-5H3/b17-15+,21-19+,25-23+,27-26+,30-29+,34-31+. The summed E-state index contributed by atoms with van der Waals surface area (Å²) in [4.78, 5) is 37.1. The van der Waals surface area contributed by atoms with Crippen LogP contribution < -0.4 is 5.11 Å². The van der Waals surface area contributed by atoms with Gasteiger partial charge in [0.15, 0.2) is 6.10 Å². The van der Waals surface area contributed by atoms with Gasteiger partial charge in [0, 0.05) is 19.3 Å². The highest BCUT2D eigenvalue weighted by atomic mass is 16.6. The van der Waals surface area contributed by atoms with Crippen molar-refractivity contribution >= 4 is 17.9 Å². The Morgan fingerprint density at radius 2 is 0.877 bits per heavy atom. The molecule has 0 N–H and O–H groups in total. The van der Waals surface area contributed by atoms with Crippen LogP contribution in [0.5, 0.6) is 0 Å². The summed E-state index contributed by atoms with van der Waals surface area (Å²) >= 11 is 0. The van der Waals surface area contributed by atoms with Crippen LogP contribution in [-0.4, -0.2) is 75.5 Å². The maximum atomic E-state index is 12.8. The summed E-state index contributed by atoms with van der Waals surface area (Å²) in [6.45, 7) is 4.60. The molecular weight excluding hydrogens is 811 g/mol. The number of hydrogen-bond acceptors (Lipinski definition) is 7. The molecule has 0 aromatic heterocycles. The number of ether oxygens (including phenoxy) is 3. The second-order valence-electron chi connectivity index (χ2n) is 18.8. The van der Waals surface area contributed by atoms with E-state index >= 15 is 0 Å². The summed E-state index contributed by atoms with van der Waals surface area (Å²) in [5, 5.41) is 11.7. The van der Waals surface area contributed by atoms with Crippen LogP contribution in [0, 0.1) is 0 Å². The number of nitrogens with zero attached hydrogens (tertiary/aromatic N) is 1. The smallest absolute Gasteiger partial charge is 0.306 e. The van der Waals surface area contributed by atoms with Gasteiger partial charge in [-0.25, -0.2) is 0 Å². The number of carbonyl (C=O) groups excluding carboxylic acids is 3. The zero-order valence-corrected chi connectivity index (χ0v) is 42.6. The molecule has 0 amide bonds. The molecule has 2 atom stereocenters. The van der Waals surface area contributed by atoms with E-state index in [0.29, 0.717) is 12.8 Å². The van der Waals surface area contributed by atoms with Crippen LogP contribution in [0.25, 0.3) is 0 Å². The van der Waals surface area contributed by atoms with Gasteiger partial charge in [-0.3, -0.25) is 9.59 Å². The Hall–Kier alpha value is -3.23. The van der Waals surface area contributed by atoms with Gasteiger partial charge in [0.1, 0.15) is 12.6 Å². The first kappa shape index (κ1) is 61.8. The van der Waals surface area contributed by atoms with E-state index in [9.17, 15) is 19.5 Å². The van der Waals surface area contributed by atoms with Gasteiger partial charge in [-0.05, 0) is 70.6 Å². The second-order valence-corrected chi connectivity index (χ2v) is 18.8. The van der Waals surface area contributed by atoms with Crippen LogP contribution in [0.15, 0.2) is 72.9 Å². The minimum atomic E-state index is -1.13. The zero-order chi connectivity index (χ0) is 47.7. The third-order valence-corrected chi connectivity index (χ3v) is 11.7. The molecule has 0 fully saturated rings. The SMILES string of the molecule is CCCCC/C=C/C=C/C=C/C=C/CCCCCCCC(=O)OC(COCCC(C(=O)[O-])[N+](C)(C)C)COC(=O)CCCCCCCCC/C=C/C/C=C/CCCCCCCCCCC. The Morgan fingerprint density at radius 3 is 1.35 bits per heavy atom. The van der Waals surface area contributed by atoms with Crippen molar-refractivity contribution in [3.8, 4) is 0 Å². The molecule has 0 aromatic carbocycles. The van der Waals surface area contributed by atoms with E-state index in [1.807, 2.05) is 6.08 Å². The predicted octanol–water partition coefficient (Wildman–Crippen LogP) is 14.1. The van der Waals surface area contributed by atoms with E-state index in [4.69, 9.17) is 14.2 Å². The summed E-state index contributed by atoms with van der Waals surface area (Å²) < 4.78 is 17.2. The number of carbonyl (C=O) groups is 3. The summed E-state index contributed by atoms with van der Waals surface area (Å²) in [6.07, 6.45) is 60.7. The van der Waals surface area contributed by atoms with Crippen molar-refractivity contribution in [2.75, 3.05) is 41.0 Å². The Balaban J connectivity index is 4.29. The number of allylic oxidation sites excluding steroid dienone is 12. The normalized spacial score (nSPS) is 13.4. The molecular formula is C57H99NO7. The number of likely N-dealkylation sites (N-methyl/N-ethyl adjacent to an activating group) is 1. The highest BCUT2D eigenvalue weighted by Crippen LogP contribution is 2.14. The maximum absolute atomic E-state index is 12.8. The summed E-state index contributed by atoms with van der Waals surface area (Å²) in [7, 11) is 5.40. The van der Waals surface area contributed by atoms with Crippen molar-refractivity contribution in [2.45, 2.75) is 231 Å². The monoisotopic (exact) mass is 910 g/mol. The van der Waals surface area contributed by atoms with E-state index in [-0.39, 0.29) is 42.7 Å². The van der Waals surface area contributed by atoms with Crippen molar-refractivity contribution in [1.29, 1.82) is 0 Å². The Kier molecular flexibility index (Phi) is 44.9. The van der Waals surface area contributed by atoms with Crippen LogP contribution in [0.1, 0.15) is 219 Å². The Bertz CT molecular complexity index is 1290. The minimum absolute atomic E-state index is 0.0252. The molecule has 0 heterocycles. The molecule has 8 nitrogen and oxygen atoms in total. The Morgan fingerprint density at radius 1 is 0.477 bits per heavy atom. The molecule has 0 saturated carbocycles. The molecule has 0 radical (unpaired) electrons. The van der Waals surface area contributed by atoms with Crippen LogP contribution in [0.2, 0.25) is 0 Å². The molecule has 0 spiro atoms. The topological polar surface area (TPSA) is 102 Å². The average molecular weight is 910 g/mol. The van der Waals surface area contributed by atoms with Gasteiger partial charge >= 0.3 is 11.9 Å². The molecule has 0 aromatic rings. The lowest BCUT2D eigenvalue weighted by Crippen LogP contribution is -2.55. The number of rotatable bonds is 47. The van der Waals surface area contributed by atoms with Crippen molar-refractivity contribution in [1.82, 2.24) is 0 Å². The van der Waals surface area contributed by atoms with Crippen LogP contribution in [-0.2, 0) is 28.6 Å². The molecule has 0 aliphatic carbocycles. The number of aliphatic carboxylic acids is 1. The fourth-order valence-electron chi connectivity index (χ4n) is 7.53. The lowest BCUT2D eigenvalue weighted by molar-refractivity contribution is -0.889. The number of carboxylic acid groups (broad SMARTS) is 1. The van der Waals surface area contributed by atoms with E-state index in [1.165, 1.54) is 109 Å². The minimum Gasteiger partial charge on any atom is -0.544 e. The molecule has 0 bridgehead atoms. The molecule has 0 saturated heterocycles. The van der Waals surface area contributed by atoms with Crippen LogP contribution in [0.3, 0.4) is 0 Å². The Labute approximate surface area is 400 Å². The molecule has 65 heavy (non-hydrogen) atoms. The van der Waals surface area contributed by atoms with Gasteiger partial charge in [-0.15, -0.1) is 0 Å². The summed E-state index contributed by atoms with van der Waals surface area (Å²) in [6, 6.07) is -0.736. The maximum Gasteiger partial charge on any atom is 0.306 e. The summed E-state index contributed by atoms with van der Waals surface area (Å²) in [5.74, 6) is -1.78. The quantitative estimate of drug-likeness (QED) is 0.0197. The first-order chi connectivity index (χ1) is 31.6. The first-order valence-corrected chi connectivity index (χ1v) is 26.5. The van der Waals surface area contributed by atoms with Gasteiger partial charge in [0.05, 0.1) is 40.3 Å². The number of unbranched alkanes of at least 4 members (excludes halogenated alkanes) is 24. The lowest BCUT2D eigenvalue weighted by Gasteiger charge is -2.34. The zero-order valence-electron chi connectivity index (χ0n) is 42.6. The van der Waals surface area contributed by atoms with Gasteiger partial charge in [-0.1, -0.05) is 202 Å². The highest BCUT2D eigenvalue weighted by molar-refractivity contribution is 5.70. The van der Waals surface area contributed by atoms with Gasteiger partial charge in [0.25, 0.3) is 0 Å². The summed E-state index contributed by atoms with van der Waals surface area (Å²) in [5.41, 5.74) is 0. The van der Waals surface area contributed by atoms with Gasteiger partial charge in [0.2, 0.25) is 0 Å². The molecule has 0 aliphatic rings. The van der Waals surface area contributed by atoms with Crippen LogP contribution >= 0.6 is 0 Å². The number of hydrogen-bond donors (Lipinski definition) is 0. The third kappa shape index (κ3) is 45.7. The van der Waals surface area contributed by atoms with Gasteiger partial charge < -0.3 is 28.6 Å². The largest absolute Gasteiger partial charge is 0.544 e. The van der Waals surface area contributed by atoms with Gasteiger partial charge in [-0.2, -0.15) is 0 Å². The van der Waals surface area contributed by atoms with Crippen molar-refractivity contribution in [3.05, 3.63) is 72.9 Å². The fourth-order valence-corrected chi connectivity index (χ4v) is 7.53.